The number of carbonyl (C=O) groups excluding carboxylic acids is 2. The van der Waals surface area contributed by atoms with Gasteiger partial charge in [0.15, 0.2) is 0 Å². The minimum Gasteiger partial charge on any atom is -0.394 e. The number of benzene rings is 1. The Morgan fingerprint density at radius 1 is 1.00 bits per heavy atom. The third-order valence-electron chi connectivity index (χ3n) is 3.36. The van der Waals surface area contributed by atoms with Crippen molar-refractivity contribution in [3.05, 3.63) is 29.8 Å². The van der Waals surface area contributed by atoms with E-state index in [-0.39, 0.29) is 17.2 Å². The van der Waals surface area contributed by atoms with Gasteiger partial charge in [0.1, 0.15) is 23.1 Å². The maximum absolute atomic E-state index is 13.8. The molecule has 0 unspecified atom stereocenters. The lowest BCUT2D eigenvalue weighted by Crippen LogP contribution is -2.35. The average Bonchev–Trinajstić information content (AvgIpc) is 2.51. The van der Waals surface area contributed by atoms with Crippen molar-refractivity contribution in [1.29, 1.82) is 0 Å². The van der Waals surface area contributed by atoms with Crippen molar-refractivity contribution in [2.75, 3.05) is 29.6 Å². The number of aromatic nitrogens is 2. The molecule has 0 radical (unpaired) electrons. The third-order valence-corrected chi connectivity index (χ3v) is 3.36. The number of anilines is 3. The molecule has 0 fully saturated rings. The number of hydrogen-bond donors (Lipinski definition) is 1. The summed E-state index contributed by atoms with van der Waals surface area (Å²) in [4.78, 5) is 34.1. The fourth-order valence-corrected chi connectivity index (χ4v) is 2.13. The van der Waals surface area contributed by atoms with Crippen LogP contribution in [0.3, 0.4) is 0 Å². The first-order chi connectivity index (χ1) is 11.6. The quantitative estimate of drug-likeness (QED) is 0.852. The summed E-state index contributed by atoms with van der Waals surface area (Å²) in [5, 5.41) is 0. The molecule has 9 heteroatoms. The second-order valence-corrected chi connectivity index (χ2v) is 5.53. The molecular formula is C16H17F2N5O2. The number of amides is 2. The number of nitrogens with zero attached hydrogens (tertiary/aromatic N) is 4. The molecule has 0 aliphatic heterocycles. The lowest BCUT2D eigenvalue weighted by Gasteiger charge is -2.19. The first kappa shape index (κ1) is 18.2. The monoisotopic (exact) mass is 349 g/mol. The summed E-state index contributed by atoms with van der Waals surface area (Å²) >= 11 is 0. The van der Waals surface area contributed by atoms with Crippen LogP contribution in [0.15, 0.2) is 18.2 Å². The van der Waals surface area contributed by atoms with Crippen molar-refractivity contribution >= 4 is 29.3 Å². The summed E-state index contributed by atoms with van der Waals surface area (Å²) in [6, 6.07) is 3.53. The molecule has 132 valence electrons. The molecule has 1 heterocycles. The topological polar surface area (TPSA) is 92.4 Å². The van der Waals surface area contributed by atoms with Gasteiger partial charge in [-0.25, -0.2) is 18.7 Å². The minimum absolute atomic E-state index is 0.100. The first-order valence-corrected chi connectivity index (χ1v) is 7.24. The average molecular weight is 349 g/mol. The van der Waals surface area contributed by atoms with Gasteiger partial charge in [-0.3, -0.25) is 9.59 Å². The van der Waals surface area contributed by atoms with Crippen LogP contribution < -0.4 is 15.5 Å². The fourth-order valence-electron chi connectivity index (χ4n) is 2.13. The molecule has 2 rings (SSSR count). The van der Waals surface area contributed by atoms with Crippen molar-refractivity contribution in [3.8, 4) is 11.3 Å². The van der Waals surface area contributed by atoms with Crippen LogP contribution in [0.25, 0.3) is 11.3 Å². The van der Waals surface area contributed by atoms with Crippen molar-refractivity contribution in [2.24, 2.45) is 0 Å². The second kappa shape index (κ2) is 6.80. The molecule has 2 amide bonds. The third kappa shape index (κ3) is 3.70. The molecule has 0 aliphatic carbocycles. The van der Waals surface area contributed by atoms with Gasteiger partial charge in [-0.15, -0.1) is 0 Å². The maximum Gasteiger partial charge on any atom is 0.241 e. The smallest absolute Gasteiger partial charge is 0.241 e. The van der Waals surface area contributed by atoms with Gasteiger partial charge < -0.3 is 10.6 Å². The van der Waals surface area contributed by atoms with Crippen LogP contribution in [0.2, 0.25) is 0 Å². The zero-order valence-electron chi connectivity index (χ0n) is 14.2. The standard InChI is InChI=1S/C16H17F2N5O2/c1-8(24)23(9(2)25)16-20-13(7-14(21-16)22(3)4)10-5-11(17)15(19)12(18)6-10/h5-7H,19H2,1-4H3. The van der Waals surface area contributed by atoms with E-state index in [2.05, 4.69) is 9.97 Å². The Balaban J connectivity index is 2.70. The molecule has 1 aromatic carbocycles. The minimum atomic E-state index is -0.934. The second-order valence-electron chi connectivity index (χ2n) is 5.53. The normalized spacial score (nSPS) is 10.5. The largest absolute Gasteiger partial charge is 0.394 e. The highest BCUT2D eigenvalue weighted by atomic mass is 19.1. The van der Waals surface area contributed by atoms with E-state index in [1.165, 1.54) is 19.9 Å². The predicted molar refractivity (Wildman–Crippen MR) is 90.0 cm³/mol. The van der Waals surface area contributed by atoms with E-state index in [9.17, 15) is 18.4 Å². The zero-order chi connectivity index (χ0) is 18.9. The van der Waals surface area contributed by atoms with Crippen LogP contribution in [0.5, 0.6) is 0 Å². The number of rotatable bonds is 3. The lowest BCUT2D eigenvalue weighted by molar-refractivity contribution is -0.124. The lowest BCUT2D eigenvalue weighted by atomic mass is 10.1. The van der Waals surface area contributed by atoms with Gasteiger partial charge in [-0.05, 0) is 12.1 Å². The van der Waals surface area contributed by atoms with E-state index < -0.39 is 29.1 Å². The summed E-state index contributed by atoms with van der Waals surface area (Å²) in [6.45, 7) is 2.38. The fraction of sp³-hybridized carbons (Fsp3) is 0.250. The molecule has 0 bridgehead atoms. The predicted octanol–water partition coefficient (Wildman–Crippen LogP) is 1.97. The van der Waals surface area contributed by atoms with Gasteiger partial charge in [0.05, 0.1) is 5.69 Å². The first-order valence-electron chi connectivity index (χ1n) is 7.24. The number of nitrogens with two attached hydrogens (primary N) is 1. The van der Waals surface area contributed by atoms with Gasteiger partial charge in [0.25, 0.3) is 0 Å². The summed E-state index contributed by atoms with van der Waals surface area (Å²) in [6.07, 6.45) is 0. The maximum atomic E-state index is 13.8. The van der Waals surface area contributed by atoms with Crippen LogP contribution in [0.1, 0.15) is 13.8 Å². The Labute approximate surface area is 143 Å². The number of imide groups is 1. The van der Waals surface area contributed by atoms with Gasteiger partial charge >= 0.3 is 0 Å². The summed E-state index contributed by atoms with van der Waals surface area (Å²) in [5.41, 5.74) is 4.92. The molecule has 2 N–H and O–H groups in total. The molecule has 0 saturated heterocycles. The summed E-state index contributed by atoms with van der Waals surface area (Å²) in [5.74, 6) is -2.86. The van der Waals surface area contributed by atoms with E-state index >= 15 is 0 Å². The highest BCUT2D eigenvalue weighted by molar-refractivity contribution is 6.12. The SMILES string of the molecule is CC(=O)N(C(C)=O)c1nc(-c2cc(F)c(N)c(F)c2)cc(N(C)C)n1. The molecule has 0 atom stereocenters. The number of nitrogen functional groups attached to an aromatic ring is 1. The Kier molecular flexibility index (Phi) is 4.96. The van der Waals surface area contributed by atoms with Crippen LogP contribution in [-0.2, 0) is 9.59 Å². The molecule has 0 aliphatic rings. The molecule has 7 nitrogen and oxygen atoms in total. The Morgan fingerprint density at radius 2 is 1.52 bits per heavy atom. The van der Waals surface area contributed by atoms with Crippen LogP contribution in [-0.4, -0.2) is 35.9 Å². The van der Waals surface area contributed by atoms with Crippen molar-refractivity contribution in [2.45, 2.75) is 13.8 Å². The zero-order valence-corrected chi connectivity index (χ0v) is 14.2. The van der Waals surface area contributed by atoms with E-state index in [0.717, 1.165) is 17.0 Å². The Bertz CT molecular complexity index is 817. The Morgan fingerprint density at radius 3 is 1.96 bits per heavy atom. The van der Waals surface area contributed by atoms with E-state index in [4.69, 9.17) is 5.73 Å². The highest BCUT2D eigenvalue weighted by Gasteiger charge is 2.22. The molecule has 0 saturated carbocycles. The molecule has 1 aromatic heterocycles. The Hall–Kier alpha value is -3.10. The van der Waals surface area contributed by atoms with E-state index in [1.54, 1.807) is 19.0 Å². The number of carbonyl (C=O) groups is 2. The summed E-state index contributed by atoms with van der Waals surface area (Å²) in [7, 11) is 3.37. The number of halogens is 2. The molecular weight excluding hydrogens is 332 g/mol. The van der Waals surface area contributed by atoms with Crippen molar-refractivity contribution < 1.29 is 18.4 Å². The van der Waals surface area contributed by atoms with E-state index in [1.807, 2.05) is 0 Å². The van der Waals surface area contributed by atoms with Gasteiger partial charge in [-0.2, -0.15) is 4.98 Å². The van der Waals surface area contributed by atoms with Crippen LogP contribution in [0, 0.1) is 11.6 Å². The van der Waals surface area contributed by atoms with Gasteiger partial charge in [-0.1, -0.05) is 0 Å². The number of hydrogen-bond acceptors (Lipinski definition) is 6. The van der Waals surface area contributed by atoms with Crippen molar-refractivity contribution in [1.82, 2.24) is 9.97 Å². The molecule has 0 spiro atoms. The van der Waals surface area contributed by atoms with Gasteiger partial charge in [0.2, 0.25) is 17.8 Å². The summed E-state index contributed by atoms with van der Waals surface area (Å²) < 4.78 is 27.5. The van der Waals surface area contributed by atoms with Gasteiger partial charge in [0, 0.05) is 39.6 Å². The highest BCUT2D eigenvalue weighted by Crippen LogP contribution is 2.28. The molecule has 2 aromatic rings. The van der Waals surface area contributed by atoms with E-state index in [0.29, 0.717) is 5.82 Å². The van der Waals surface area contributed by atoms with Crippen LogP contribution in [0.4, 0.5) is 26.2 Å². The van der Waals surface area contributed by atoms with Crippen LogP contribution >= 0.6 is 0 Å². The van der Waals surface area contributed by atoms with Crippen molar-refractivity contribution in [3.63, 3.8) is 0 Å². The molecule has 25 heavy (non-hydrogen) atoms.